The molecule has 0 atom stereocenters. The Balaban J connectivity index is 1.45. The van der Waals surface area contributed by atoms with Gasteiger partial charge in [0.25, 0.3) is 5.95 Å². The predicted molar refractivity (Wildman–Crippen MR) is 141 cm³/mol. The molecule has 0 saturated heterocycles. The number of halogens is 1. The second kappa shape index (κ2) is 8.85. The Morgan fingerprint density at radius 3 is 2.11 bits per heavy atom. The third-order valence-corrected chi connectivity index (χ3v) is 6.42. The highest BCUT2D eigenvalue weighted by Crippen LogP contribution is 2.31. The lowest BCUT2D eigenvalue weighted by atomic mass is 10.0. The lowest BCUT2D eigenvalue weighted by Crippen LogP contribution is -2.20. The van der Waals surface area contributed by atoms with Gasteiger partial charge in [-0.15, -0.1) is 10.2 Å². The Kier molecular flexibility index (Phi) is 5.39. The molecule has 1 aromatic heterocycles. The molecule has 0 fully saturated rings. The van der Waals surface area contributed by atoms with Gasteiger partial charge in [0, 0.05) is 16.1 Å². The topological polar surface area (TPSA) is 46.3 Å². The second-order valence-corrected chi connectivity index (χ2v) is 8.91. The summed E-state index contributed by atoms with van der Waals surface area (Å²) in [6.07, 6.45) is 0. The molecule has 0 N–H and O–H groups in total. The van der Waals surface area contributed by atoms with Crippen molar-refractivity contribution in [2.75, 3.05) is 5.01 Å². The van der Waals surface area contributed by atoms with Gasteiger partial charge in [-0.3, -0.25) is 4.57 Å². The Labute approximate surface area is 209 Å². The molecule has 0 radical (unpaired) electrons. The Hall–Kier alpha value is -4.22. The highest BCUT2D eigenvalue weighted by molar-refractivity contribution is 6.30. The first-order valence-electron chi connectivity index (χ1n) is 11.5. The van der Waals surface area contributed by atoms with Crippen molar-refractivity contribution in [1.82, 2.24) is 14.8 Å². The summed E-state index contributed by atoms with van der Waals surface area (Å²) in [6, 6.07) is 35.0. The number of hydrazone groups is 1. The van der Waals surface area contributed by atoms with Crippen molar-refractivity contribution in [2.24, 2.45) is 5.10 Å². The zero-order valence-electron chi connectivity index (χ0n) is 19.1. The molecule has 0 spiro atoms. The average Bonchev–Trinajstić information content (AvgIpc) is 3.22. The van der Waals surface area contributed by atoms with Gasteiger partial charge in [0.2, 0.25) is 0 Å². The molecule has 5 aromatic rings. The Bertz CT molecular complexity index is 1520. The number of hydrogen-bond acceptors (Lipinski definition) is 4. The van der Waals surface area contributed by atoms with Crippen LogP contribution >= 0.6 is 11.6 Å². The summed E-state index contributed by atoms with van der Waals surface area (Å²) in [7, 11) is 0. The van der Waals surface area contributed by atoms with Crippen LogP contribution in [0.2, 0.25) is 5.02 Å². The summed E-state index contributed by atoms with van der Waals surface area (Å²) in [5.74, 6) is 1.50. The first kappa shape index (κ1) is 21.3. The molecule has 0 bridgehead atoms. The zero-order chi connectivity index (χ0) is 23.8. The fourth-order valence-corrected chi connectivity index (χ4v) is 4.55. The largest absolute Gasteiger partial charge is 0.263 e. The highest BCUT2D eigenvalue weighted by Gasteiger charge is 2.26. The van der Waals surface area contributed by atoms with Crippen LogP contribution in [-0.4, -0.2) is 20.5 Å². The summed E-state index contributed by atoms with van der Waals surface area (Å²) in [5.41, 5.74) is 7.37. The molecular formula is C29H22ClN5. The van der Waals surface area contributed by atoms with Gasteiger partial charge in [-0.2, -0.15) is 5.10 Å². The third kappa shape index (κ3) is 4.00. The smallest absolute Gasteiger partial charge is 0.252 e. The molecule has 170 valence electrons. The third-order valence-electron chi connectivity index (χ3n) is 6.17. The number of aryl methyl sites for hydroxylation is 1. The molecule has 0 unspecified atom stereocenters. The van der Waals surface area contributed by atoms with E-state index in [0.29, 0.717) is 17.5 Å². The predicted octanol–water partition coefficient (Wildman–Crippen LogP) is 6.67. The van der Waals surface area contributed by atoms with Gasteiger partial charge < -0.3 is 0 Å². The van der Waals surface area contributed by atoms with E-state index in [9.17, 15) is 0 Å². The fourth-order valence-electron chi connectivity index (χ4n) is 4.42. The normalized spacial score (nSPS) is 12.5. The molecule has 35 heavy (non-hydrogen) atoms. The van der Waals surface area contributed by atoms with E-state index in [1.807, 2.05) is 54.4 Å². The number of fused-ring (bicyclic) bond motifs is 3. The van der Waals surface area contributed by atoms with E-state index < -0.39 is 0 Å². The van der Waals surface area contributed by atoms with E-state index in [1.165, 1.54) is 11.1 Å². The number of nitrogens with zero attached hydrogens (tertiary/aromatic N) is 5. The summed E-state index contributed by atoms with van der Waals surface area (Å²) in [4.78, 5) is 0. The average molecular weight is 476 g/mol. The second-order valence-electron chi connectivity index (χ2n) is 8.48. The van der Waals surface area contributed by atoms with Gasteiger partial charge >= 0.3 is 0 Å². The minimum Gasteiger partial charge on any atom is -0.263 e. The highest BCUT2D eigenvalue weighted by atomic mass is 35.5. The first-order chi connectivity index (χ1) is 17.2. The summed E-state index contributed by atoms with van der Waals surface area (Å²) in [5, 5.41) is 16.6. The summed E-state index contributed by atoms with van der Waals surface area (Å²) >= 11 is 6.18. The minimum absolute atomic E-state index is 0.554. The quantitative estimate of drug-likeness (QED) is 0.291. The van der Waals surface area contributed by atoms with Crippen LogP contribution in [0.5, 0.6) is 0 Å². The first-order valence-corrected chi connectivity index (χ1v) is 11.8. The summed E-state index contributed by atoms with van der Waals surface area (Å²) in [6.45, 7) is 2.52. The maximum absolute atomic E-state index is 6.18. The van der Waals surface area contributed by atoms with Crippen molar-refractivity contribution in [3.05, 3.63) is 131 Å². The van der Waals surface area contributed by atoms with E-state index in [4.69, 9.17) is 16.7 Å². The molecular weight excluding hydrogens is 454 g/mol. The van der Waals surface area contributed by atoms with E-state index >= 15 is 0 Å². The molecule has 1 aliphatic rings. The molecule has 5 nitrogen and oxygen atoms in total. The van der Waals surface area contributed by atoms with Crippen LogP contribution in [0.1, 0.15) is 22.5 Å². The molecule has 4 aromatic carbocycles. The molecule has 6 rings (SSSR count). The molecule has 0 aliphatic carbocycles. The van der Waals surface area contributed by atoms with Crippen molar-refractivity contribution in [3.8, 4) is 16.8 Å². The lowest BCUT2D eigenvalue weighted by molar-refractivity contribution is 0.796. The fraction of sp³-hybridized carbons (Fsp3) is 0.0690. The maximum Gasteiger partial charge on any atom is 0.252 e. The molecule has 0 saturated carbocycles. The van der Waals surface area contributed by atoms with E-state index in [1.54, 1.807) is 0 Å². The molecule has 1 aliphatic heterocycles. The van der Waals surface area contributed by atoms with Crippen LogP contribution < -0.4 is 5.01 Å². The monoisotopic (exact) mass is 475 g/mol. The molecule has 2 heterocycles. The van der Waals surface area contributed by atoms with E-state index in [2.05, 4.69) is 75.4 Å². The van der Waals surface area contributed by atoms with Crippen LogP contribution in [0, 0.1) is 6.92 Å². The van der Waals surface area contributed by atoms with Gasteiger partial charge in [0.15, 0.2) is 0 Å². The maximum atomic E-state index is 6.18. The van der Waals surface area contributed by atoms with Crippen molar-refractivity contribution in [1.29, 1.82) is 0 Å². The standard InChI is InChI=1S/C29H22ClN5/c1-20-31-32-29-34(19-21-11-13-23(14-12-21)22-7-3-2-4-8-22)33-28(24-15-17-25(30)18-16-24)26-9-5-6-10-27(26)35(20)29/h2-18H,19H2,1H3. The Morgan fingerprint density at radius 1 is 0.686 bits per heavy atom. The number of rotatable bonds is 4. The molecule has 6 heteroatoms. The van der Waals surface area contributed by atoms with Gasteiger partial charge in [-0.1, -0.05) is 96.5 Å². The zero-order valence-corrected chi connectivity index (χ0v) is 19.9. The van der Waals surface area contributed by atoms with Crippen LogP contribution in [0.15, 0.2) is 108 Å². The number of anilines is 1. The number of hydrogen-bond donors (Lipinski definition) is 0. The summed E-state index contributed by atoms with van der Waals surface area (Å²) < 4.78 is 2.07. The van der Waals surface area contributed by atoms with Crippen molar-refractivity contribution in [3.63, 3.8) is 0 Å². The number of aromatic nitrogens is 3. The van der Waals surface area contributed by atoms with Crippen LogP contribution in [-0.2, 0) is 6.54 Å². The van der Waals surface area contributed by atoms with Gasteiger partial charge in [0.1, 0.15) is 11.5 Å². The van der Waals surface area contributed by atoms with Gasteiger partial charge in [0.05, 0.1) is 12.2 Å². The number of para-hydroxylation sites is 1. The van der Waals surface area contributed by atoms with E-state index in [-0.39, 0.29) is 0 Å². The van der Waals surface area contributed by atoms with Gasteiger partial charge in [-0.05, 0) is 41.8 Å². The van der Waals surface area contributed by atoms with Crippen molar-refractivity contribution >= 4 is 23.3 Å². The van der Waals surface area contributed by atoms with Crippen LogP contribution in [0.3, 0.4) is 0 Å². The SMILES string of the molecule is Cc1nnc2n1-c1ccccc1C(c1ccc(Cl)cc1)=NN2Cc1ccc(-c2ccccc2)cc1. The van der Waals surface area contributed by atoms with Crippen molar-refractivity contribution < 1.29 is 0 Å². The molecule has 0 amide bonds. The van der Waals surface area contributed by atoms with Gasteiger partial charge in [-0.25, -0.2) is 5.01 Å². The lowest BCUT2D eigenvalue weighted by Gasteiger charge is -2.18. The van der Waals surface area contributed by atoms with E-state index in [0.717, 1.165) is 33.9 Å². The van der Waals surface area contributed by atoms with Crippen molar-refractivity contribution in [2.45, 2.75) is 13.5 Å². The van der Waals surface area contributed by atoms with Crippen LogP contribution in [0.25, 0.3) is 16.8 Å². The van der Waals surface area contributed by atoms with Crippen LogP contribution in [0.4, 0.5) is 5.95 Å². The minimum atomic E-state index is 0.554. The Morgan fingerprint density at radius 2 is 1.34 bits per heavy atom. The number of benzene rings is 4.